The summed E-state index contributed by atoms with van der Waals surface area (Å²) in [7, 11) is 0. The van der Waals surface area contributed by atoms with Crippen molar-refractivity contribution in [2.45, 2.75) is 32.6 Å². The Morgan fingerprint density at radius 1 is 1.22 bits per heavy atom. The van der Waals surface area contributed by atoms with E-state index in [1.807, 2.05) is 6.07 Å². The Labute approximate surface area is 189 Å². The highest BCUT2D eigenvalue weighted by Crippen LogP contribution is 2.38. The van der Waals surface area contributed by atoms with Crippen molar-refractivity contribution >= 4 is 34.3 Å². The third-order valence-corrected chi connectivity index (χ3v) is 6.01. The number of carbonyl (C=O) groups is 2. The first-order valence-corrected chi connectivity index (χ1v) is 10.9. The van der Waals surface area contributed by atoms with Gasteiger partial charge in [0.1, 0.15) is 22.7 Å². The highest BCUT2D eigenvalue weighted by atomic mass is 32.1. The van der Waals surface area contributed by atoms with Crippen LogP contribution in [0.4, 0.5) is 5.00 Å². The summed E-state index contributed by atoms with van der Waals surface area (Å²) in [5, 5.41) is 31.1. The predicted octanol–water partition coefficient (Wildman–Crippen LogP) is 3.91. The number of carbonyl (C=O) groups excluding carboxylic acids is 1. The van der Waals surface area contributed by atoms with Gasteiger partial charge >= 0.3 is 5.97 Å². The number of rotatable bonds is 8. The third-order valence-electron chi connectivity index (χ3n) is 4.81. The lowest BCUT2D eigenvalue weighted by molar-refractivity contribution is -0.139. The molecule has 0 unspecified atom stereocenters. The van der Waals surface area contributed by atoms with Crippen molar-refractivity contribution in [3.05, 3.63) is 45.3 Å². The van der Waals surface area contributed by atoms with Crippen molar-refractivity contribution in [3.63, 3.8) is 0 Å². The fourth-order valence-corrected chi connectivity index (χ4v) is 4.63. The molecule has 1 heterocycles. The van der Waals surface area contributed by atoms with Crippen LogP contribution in [0.3, 0.4) is 0 Å². The number of benzene rings is 1. The molecule has 2 aromatic rings. The van der Waals surface area contributed by atoms with Crippen molar-refractivity contribution < 1.29 is 24.2 Å². The monoisotopic (exact) mass is 451 g/mol. The summed E-state index contributed by atoms with van der Waals surface area (Å²) in [5.74, 6) is -1.17. The van der Waals surface area contributed by atoms with Crippen LogP contribution >= 0.6 is 11.3 Å². The van der Waals surface area contributed by atoms with Gasteiger partial charge in [0, 0.05) is 4.88 Å². The summed E-state index contributed by atoms with van der Waals surface area (Å²) in [6.07, 6.45) is 5.19. The summed E-state index contributed by atoms with van der Waals surface area (Å²) in [6, 6.07) is 8.76. The molecule has 0 aliphatic heterocycles. The number of aryl methyl sites for hydroxylation is 1. The van der Waals surface area contributed by atoms with E-state index in [-0.39, 0.29) is 11.3 Å². The molecule has 0 spiro atoms. The number of nitriles is 2. The van der Waals surface area contributed by atoms with Crippen LogP contribution in [0.15, 0.2) is 23.8 Å². The summed E-state index contributed by atoms with van der Waals surface area (Å²) in [6.45, 7) is 1.57. The molecule has 1 aliphatic rings. The zero-order valence-electron chi connectivity index (χ0n) is 17.4. The predicted molar refractivity (Wildman–Crippen MR) is 119 cm³/mol. The molecule has 0 saturated heterocycles. The van der Waals surface area contributed by atoms with Gasteiger partial charge in [-0.2, -0.15) is 10.5 Å². The van der Waals surface area contributed by atoms with E-state index in [9.17, 15) is 20.1 Å². The first-order chi connectivity index (χ1) is 15.5. The molecule has 0 radical (unpaired) electrons. The Morgan fingerprint density at radius 3 is 2.69 bits per heavy atom. The molecule has 1 aromatic heterocycles. The van der Waals surface area contributed by atoms with Crippen molar-refractivity contribution in [1.29, 1.82) is 10.5 Å². The van der Waals surface area contributed by atoms with Gasteiger partial charge in [-0.25, -0.2) is 4.79 Å². The topological polar surface area (TPSA) is 132 Å². The number of nitrogens with zero attached hydrogens (tertiary/aromatic N) is 2. The highest BCUT2D eigenvalue weighted by molar-refractivity contribution is 7.16. The van der Waals surface area contributed by atoms with E-state index in [1.165, 1.54) is 23.5 Å². The number of ether oxygens (including phenoxy) is 2. The Hall–Kier alpha value is -3.82. The lowest BCUT2D eigenvalue weighted by atomic mass is 9.96. The average Bonchev–Trinajstić information content (AvgIpc) is 3.13. The van der Waals surface area contributed by atoms with Gasteiger partial charge in [0.25, 0.3) is 5.91 Å². The second kappa shape index (κ2) is 10.5. The van der Waals surface area contributed by atoms with Crippen LogP contribution in [0.25, 0.3) is 6.08 Å². The Balaban J connectivity index is 1.84. The van der Waals surface area contributed by atoms with E-state index in [0.29, 0.717) is 28.5 Å². The Bertz CT molecular complexity index is 1150. The van der Waals surface area contributed by atoms with Crippen LogP contribution in [0, 0.1) is 22.7 Å². The third kappa shape index (κ3) is 5.26. The summed E-state index contributed by atoms with van der Waals surface area (Å²) in [4.78, 5) is 24.6. The molecular weight excluding hydrogens is 430 g/mol. The number of nitrogens with one attached hydrogen (secondary N) is 1. The fraction of sp³-hybridized carbons (Fsp3) is 0.304. The standard InChI is InChI=1S/C23H21N3O5S/c1-2-30-19-10-14(7-8-18(19)31-13-21(27)28)9-15(11-24)22(29)26-23-17(12-25)16-5-3-4-6-20(16)32-23/h7-10H,2-6,13H2,1H3,(H,26,29)(H,27,28)/b15-9+. The van der Waals surface area contributed by atoms with Crippen molar-refractivity contribution in [3.8, 4) is 23.6 Å². The van der Waals surface area contributed by atoms with Gasteiger partial charge in [0.2, 0.25) is 0 Å². The lowest BCUT2D eigenvalue weighted by Gasteiger charge is -2.11. The first kappa shape index (κ1) is 22.9. The van der Waals surface area contributed by atoms with Gasteiger partial charge < -0.3 is 19.9 Å². The zero-order chi connectivity index (χ0) is 23.1. The quantitative estimate of drug-likeness (QED) is 0.459. The van der Waals surface area contributed by atoms with Crippen LogP contribution in [0.5, 0.6) is 11.5 Å². The van der Waals surface area contributed by atoms with E-state index in [2.05, 4.69) is 11.4 Å². The molecule has 8 nitrogen and oxygen atoms in total. The molecule has 0 saturated carbocycles. The van der Waals surface area contributed by atoms with Gasteiger partial charge in [-0.1, -0.05) is 6.07 Å². The molecule has 9 heteroatoms. The minimum atomic E-state index is -1.12. The fourth-order valence-electron chi connectivity index (χ4n) is 3.40. The SMILES string of the molecule is CCOc1cc(/C=C(\C#N)C(=O)Nc2sc3c(c2C#N)CCCC3)ccc1OCC(=O)O. The average molecular weight is 452 g/mol. The molecule has 0 fully saturated rings. The number of hydrogen-bond acceptors (Lipinski definition) is 7. The van der Waals surface area contributed by atoms with Gasteiger partial charge in [0.05, 0.1) is 12.2 Å². The van der Waals surface area contributed by atoms with Crippen molar-refractivity contribution in [1.82, 2.24) is 0 Å². The largest absolute Gasteiger partial charge is 0.490 e. The Kier molecular flexibility index (Phi) is 7.48. The minimum absolute atomic E-state index is 0.137. The van der Waals surface area contributed by atoms with Crippen molar-refractivity contribution in [2.24, 2.45) is 0 Å². The van der Waals surface area contributed by atoms with E-state index in [1.54, 1.807) is 19.1 Å². The van der Waals surface area contributed by atoms with E-state index >= 15 is 0 Å². The summed E-state index contributed by atoms with van der Waals surface area (Å²) < 4.78 is 10.7. The number of thiophene rings is 1. The van der Waals surface area contributed by atoms with E-state index < -0.39 is 18.5 Å². The van der Waals surface area contributed by atoms with Crippen LogP contribution in [0.2, 0.25) is 0 Å². The zero-order valence-corrected chi connectivity index (χ0v) is 18.3. The summed E-state index contributed by atoms with van der Waals surface area (Å²) in [5.41, 5.74) is 1.85. The minimum Gasteiger partial charge on any atom is -0.490 e. The molecule has 3 rings (SSSR count). The molecule has 1 aliphatic carbocycles. The molecule has 164 valence electrons. The maximum Gasteiger partial charge on any atom is 0.341 e. The number of aliphatic carboxylic acids is 1. The summed E-state index contributed by atoms with van der Waals surface area (Å²) >= 11 is 1.39. The number of carboxylic acids is 1. The number of anilines is 1. The second-order valence-corrected chi connectivity index (χ2v) is 8.08. The van der Waals surface area contributed by atoms with Crippen LogP contribution in [0.1, 0.15) is 41.3 Å². The number of carboxylic acid groups (broad SMARTS) is 1. The number of hydrogen-bond donors (Lipinski definition) is 2. The molecule has 32 heavy (non-hydrogen) atoms. The van der Waals surface area contributed by atoms with Crippen molar-refractivity contribution in [2.75, 3.05) is 18.5 Å². The second-order valence-electron chi connectivity index (χ2n) is 6.97. The highest BCUT2D eigenvalue weighted by Gasteiger charge is 2.22. The van der Waals surface area contributed by atoms with Gasteiger partial charge in [-0.15, -0.1) is 11.3 Å². The van der Waals surface area contributed by atoms with Crippen LogP contribution in [-0.2, 0) is 22.4 Å². The molecule has 1 aromatic carbocycles. The normalized spacial score (nSPS) is 12.8. The molecule has 2 N–H and O–H groups in total. The van der Waals surface area contributed by atoms with Gasteiger partial charge in [-0.05, 0) is 61.9 Å². The van der Waals surface area contributed by atoms with Crippen LogP contribution in [-0.4, -0.2) is 30.2 Å². The van der Waals surface area contributed by atoms with Gasteiger partial charge in [-0.3, -0.25) is 4.79 Å². The van der Waals surface area contributed by atoms with E-state index in [4.69, 9.17) is 14.6 Å². The molecular formula is C23H21N3O5S. The maximum absolute atomic E-state index is 12.8. The number of amides is 1. The smallest absolute Gasteiger partial charge is 0.341 e. The van der Waals surface area contributed by atoms with Crippen LogP contribution < -0.4 is 14.8 Å². The maximum atomic E-state index is 12.8. The van der Waals surface area contributed by atoms with E-state index in [0.717, 1.165) is 36.1 Å². The Morgan fingerprint density at radius 2 is 2.00 bits per heavy atom. The molecule has 1 amide bonds. The molecule has 0 bridgehead atoms. The lowest BCUT2D eigenvalue weighted by Crippen LogP contribution is -2.13. The van der Waals surface area contributed by atoms with Gasteiger partial charge in [0.15, 0.2) is 18.1 Å². The first-order valence-electron chi connectivity index (χ1n) is 10.1. The molecule has 0 atom stereocenters. The number of fused-ring (bicyclic) bond motifs is 1.